The molecule has 1 amide bonds. The summed E-state index contributed by atoms with van der Waals surface area (Å²) in [6.07, 6.45) is -0.545. The van der Waals surface area contributed by atoms with Gasteiger partial charge >= 0.3 is 11.9 Å². The fourth-order valence-electron chi connectivity index (χ4n) is 1.01. The van der Waals surface area contributed by atoms with E-state index in [0.717, 1.165) is 0 Å². The molecule has 0 aliphatic rings. The number of carbonyl (C=O) groups excluding carboxylic acids is 2. The minimum Gasteiger partial charge on any atom is -0.480 e. The van der Waals surface area contributed by atoms with Crippen LogP contribution in [-0.2, 0) is 19.1 Å². The Balaban J connectivity index is 4.46. The molecule has 16 heavy (non-hydrogen) atoms. The summed E-state index contributed by atoms with van der Waals surface area (Å²) in [5, 5.41) is 11.1. The zero-order valence-electron chi connectivity index (χ0n) is 9.65. The van der Waals surface area contributed by atoms with Gasteiger partial charge in [-0.3, -0.25) is 9.59 Å². The molecule has 0 radical (unpaired) electrons. The van der Waals surface area contributed by atoms with Crippen LogP contribution in [0.3, 0.4) is 0 Å². The first kappa shape index (κ1) is 14.4. The molecule has 6 heteroatoms. The molecule has 0 aliphatic carbocycles. The molecule has 0 fully saturated rings. The van der Waals surface area contributed by atoms with Gasteiger partial charge < -0.3 is 15.2 Å². The quantitative estimate of drug-likeness (QED) is 0.642. The van der Waals surface area contributed by atoms with E-state index in [2.05, 4.69) is 5.32 Å². The summed E-state index contributed by atoms with van der Waals surface area (Å²) in [4.78, 5) is 32.9. The van der Waals surface area contributed by atoms with Crippen molar-refractivity contribution in [3.8, 4) is 0 Å². The molecule has 6 nitrogen and oxygen atoms in total. The summed E-state index contributed by atoms with van der Waals surface area (Å²) in [7, 11) is 0. The van der Waals surface area contributed by atoms with E-state index in [1.165, 1.54) is 6.92 Å². The van der Waals surface area contributed by atoms with Gasteiger partial charge in [-0.15, -0.1) is 0 Å². The smallest absolute Gasteiger partial charge is 0.330 e. The molecule has 2 atom stereocenters. The maximum Gasteiger partial charge on any atom is 0.330 e. The van der Waals surface area contributed by atoms with Crippen LogP contribution in [0.5, 0.6) is 0 Å². The molecular weight excluding hydrogens is 214 g/mol. The third-order valence-corrected chi connectivity index (χ3v) is 1.98. The highest BCUT2D eigenvalue weighted by atomic mass is 16.5. The lowest BCUT2D eigenvalue weighted by atomic mass is 10.1. The van der Waals surface area contributed by atoms with Gasteiger partial charge in [-0.1, -0.05) is 13.8 Å². The molecule has 0 saturated heterocycles. The lowest BCUT2D eigenvalue weighted by Crippen LogP contribution is -2.49. The van der Waals surface area contributed by atoms with Crippen molar-refractivity contribution >= 4 is 17.8 Å². The minimum atomic E-state index is -1.22. The van der Waals surface area contributed by atoms with Crippen molar-refractivity contribution in [1.29, 1.82) is 0 Å². The summed E-state index contributed by atoms with van der Waals surface area (Å²) >= 11 is 0. The number of amides is 1. The van der Waals surface area contributed by atoms with Gasteiger partial charge in [-0.25, -0.2) is 4.79 Å². The first-order chi connectivity index (χ1) is 7.42. The summed E-state index contributed by atoms with van der Waals surface area (Å²) in [6, 6.07) is -1.21. The number of hydrogen-bond acceptors (Lipinski definition) is 4. The monoisotopic (exact) mass is 231 g/mol. The molecule has 0 aromatic rings. The van der Waals surface area contributed by atoms with E-state index in [1.807, 2.05) is 0 Å². The summed E-state index contributed by atoms with van der Waals surface area (Å²) < 4.78 is 4.83. The Labute approximate surface area is 94.0 Å². The van der Waals surface area contributed by atoms with Crippen LogP contribution in [0.2, 0.25) is 0 Å². The molecule has 2 N–H and O–H groups in total. The number of esters is 1. The van der Waals surface area contributed by atoms with Crippen LogP contribution in [0, 0.1) is 0 Å². The minimum absolute atomic E-state index is 0.165. The number of carboxylic acid groups (broad SMARTS) is 1. The van der Waals surface area contributed by atoms with Crippen molar-refractivity contribution in [1.82, 2.24) is 5.32 Å². The van der Waals surface area contributed by atoms with E-state index in [1.54, 1.807) is 13.8 Å². The Morgan fingerprint density at radius 1 is 1.25 bits per heavy atom. The van der Waals surface area contributed by atoms with E-state index < -0.39 is 30.0 Å². The van der Waals surface area contributed by atoms with E-state index in [-0.39, 0.29) is 12.8 Å². The largest absolute Gasteiger partial charge is 0.480 e. The average Bonchev–Trinajstić information content (AvgIpc) is 2.24. The maximum absolute atomic E-state index is 11.1. The van der Waals surface area contributed by atoms with Gasteiger partial charge in [-0.05, 0) is 6.92 Å². The van der Waals surface area contributed by atoms with Crippen LogP contribution < -0.4 is 5.32 Å². The highest BCUT2D eigenvalue weighted by Crippen LogP contribution is 2.02. The molecule has 0 saturated carbocycles. The van der Waals surface area contributed by atoms with Crippen molar-refractivity contribution < 1.29 is 24.2 Å². The van der Waals surface area contributed by atoms with Gasteiger partial charge in [0.1, 0.15) is 6.10 Å². The van der Waals surface area contributed by atoms with Crippen molar-refractivity contribution in [2.75, 3.05) is 0 Å². The normalized spacial score (nSPS) is 13.7. The SMILES string of the molecule is CCC(=O)NC(C(=O)O)C(C)OC(=O)CC. The number of rotatable bonds is 6. The first-order valence-corrected chi connectivity index (χ1v) is 5.14. The Hall–Kier alpha value is -1.59. The fourth-order valence-corrected chi connectivity index (χ4v) is 1.01. The number of nitrogens with one attached hydrogen (secondary N) is 1. The van der Waals surface area contributed by atoms with Crippen molar-refractivity contribution in [3.05, 3.63) is 0 Å². The molecule has 2 unspecified atom stereocenters. The lowest BCUT2D eigenvalue weighted by molar-refractivity contribution is -0.155. The van der Waals surface area contributed by atoms with Gasteiger partial charge in [0, 0.05) is 12.8 Å². The molecule has 0 aromatic heterocycles. The zero-order valence-corrected chi connectivity index (χ0v) is 9.65. The van der Waals surface area contributed by atoms with E-state index in [9.17, 15) is 14.4 Å². The Morgan fingerprint density at radius 2 is 1.81 bits per heavy atom. The second-order valence-electron chi connectivity index (χ2n) is 3.29. The van der Waals surface area contributed by atoms with E-state index in [0.29, 0.717) is 0 Å². The molecule has 92 valence electrons. The van der Waals surface area contributed by atoms with Crippen molar-refractivity contribution in [3.63, 3.8) is 0 Å². The van der Waals surface area contributed by atoms with Crippen LogP contribution >= 0.6 is 0 Å². The Morgan fingerprint density at radius 3 is 2.19 bits per heavy atom. The van der Waals surface area contributed by atoms with Crippen molar-refractivity contribution in [2.45, 2.75) is 45.8 Å². The topological polar surface area (TPSA) is 92.7 Å². The van der Waals surface area contributed by atoms with E-state index >= 15 is 0 Å². The van der Waals surface area contributed by atoms with Crippen LogP contribution in [-0.4, -0.2) is 35.1 Å². The molecule has 0 spiro atoms. The summed E-state index contributed by atoms with van der Waals surface area (Å²) in [5.41, 5.74) is 0. The van der Waals surface area contributed by atoms with Gasteiger partial charge in [0.2, 0.25) is 5.91 Å². The Kier molecular flexibility index (Phi) is 6.14. The van der Waals surface area contributed by atoms with Crippen LogP contribution in [0.4, 0.5) is 0 Å². The number of carbonyl (C=O) groups is 3. The molecule has 0 bridgehead atoms. The van der Waals surface area contributed by atoms with Crippen molar-refractivity contribution in [2.24, 2.45) is 0 Å². The van der Waals surface area contributed by atoms with E-state index in [4.69, 9.17) is 9.84 Å². The lowest BCUT2D eigenvalue weighted by Gasteiger charge is -2.21. The summed E-state index contributed by atoms with van der Waals surface area (Å²) in [5.74, 6) is -2.12. The average molecular weight is 231 g/mol. The predicted octanol–water partition coefficient (Wildman–Crippen LogP) is 0.307. The van der Waals surface area contributed by atoms with Gasteiger partial charge in [0.25, 0.3) is 0 Å². The van der Waals surface area contributed by atoms with Gasteiger partial charge in [-0.2, -0.15) is 0 Å². The second-order valence-corrected chi connectivity index (χ2v) is 3.29. The molecule has 0 aliphatic heterocycles. The number of ether oxygens (including phenoxy) is 1. The molecular formula is C10H17NO5. The maximum atomic E-state index is 11.1. The highest BCUT2D eigenvalue weighted by molar-refractivity contribution is 5.84. The fraction of sp³-hybridized carbons (Fsp3) is 0.700. The summed E-state index contributed by atoms with van der Waals surface area (Å²) in [6.45, 7) is 4.65. The van der Waals surface area contributed by atoms with Crippen LogP contribution in [0.25, 0.3) is 0 Å². The Bertz CT molecular complexity index is 276. The predicted molar refractivity (Wildman–Crippen MR) is 55.7 cm³/mol. The molecule has 0 aromatic carbocycles. The van der Waals surface area contributed by atoms with Crippen LogP contribution in [0.15, 0.2) is 0 Å². The number of carboxylic acids is 1. The first-order valence-electron chi connectivity index (χ1n) is 5.14. The third-order valence-electron chi connectivity index (χ3n) is 1.98. The zero-order chi connectivity index (χ0) is 12.7. The molecule has 0 heterocycles. The number of aliphatic carboxylic acids is 1. The van der Waals surface area contributed by atoms with Gasteiger partial charge in [0.15, 0.2) is 6.04 Å². The highest BCUT2D eigenvalue weighted by Gasteiger charge is 2.28. The third kappa shape index (κ3) is 4.77. The van der Waals surface area contributed by atoms with Crippen LogP contribution in [0.1, 0.15) is 33.6 Å². The van der Waals surface area contributed by atoms with Gasteiger partial charge in [0.05, 0.1) is 0 Å². The standard InChI is InChI=1S/C10H17NO5/c1-4-7(12)11-9(10(14)15)6(3)16-8(13)5-2/h6,9H,4-5H2,1-3H3,(H,11,12)(H,14,15). The molecule has 0 rings (SSSR count). The number of hydrogen-bond donors (Lipinski definition) is 2. The second kappa shape index (κ2) is 6.81.